The molecular weight excluding hydrogens is 290 g/mol. The van der Waals surface area contributed by atoms with Gasteiger partial charge in [0, 0.05) is 9.82 Å². The average molecular weight is 303 g/mol. The summed E-state index contributed by atoms with van der Waals surface area (Å²) in [6, 6.07) is 15.6. The van der Waals surface area contributed by atoms with E-state index < -0.39 is 11.2 Å². The Morgan fingerprint density at radius 3 is 2.38 bits per heavy atom. The van der Waals surface area contributed by atoms with Gasteiger partial charge in [-0.15, -0.1) is 11.8 Å². The molecule has 2 rings (SSSR count). The van der Waals surface area contributed by atoms with Crippen molar-refractivity contribution in [1.82, 2.24) is 0 Å². The lowest BCUT2D eigenvalue weighted by atomic mass is 10.1. The van der Waals surface area contributed by atoms with Crippen LogP contribution in [0.2, 0.25) is 0 Å². The van der Waals surface area contributed by atoms with Crippen LogP contribution >= 0.6 is 11.8 Å². The number of carboxylic acids is 1. The minimum atomic E-state index is -1.04. The first-order valence-corrected chi connectivity index (χ1v) is 7.11. The van der Waals surface area contributed by atoms with Gasteiger partial charge < -0.3 is 5.11 Å². The van der Waals surface area contributed by atoms with Crippen molar-refractivity contribution in [2.75, 3.05) is 6.54 Å². The molecular formula is C15H13NO4S. The van der Waals surface area contributed by atoms with E-state index in [1.165, 1.54) is 17.8 Å². The van der Waals surface area contributed by atoms with Crippen molar-refractivity contribution in [2.45, 2.75) is 10.1 Å². The molecule has 21 heavy (non-hydrogen) atoms. The Morgan fingerprint density at radius 2 is 1.76 bits per heavy atom. The van der Waals surface area contributed by atoms with Gasteiger partial charge in [-0.25, -0.2) is 4.79 Å². The molecule has 0 spiro atoms. The molecule has 2 aromatic carbocycles. The molecule has 0 unspecified atom stereocenters. The van der Waals surface area contributed by atoms with Crippen LogP contribution in [0.5, 0.6) is 0 Å². The lowest BCUT2D eigenvalue weighted by Gasteiger charge is -2.14. The summed E-state index contributed by atoms with van der Waals surface area (Å²) in [5.74, 6) is -1.04. The molecule has 6 heteroatoms. The topological polar surface area (TPSA) is 80.4 Å². The predicted molar refractivity (Wildman–Crippen MR) is 80.3 cm³/mol. The molecule has 0 saturated heterocycles. The van der Waals surface area contributed by atoms with Crippen molar-refractivity contribution in [2.24, 2.45) is 0 Å². The average Bonchev–Trinajstić information content (AvgIpc) is 2.47. The third-order valence-electron chi connectivity index (χ3n) is 2.87. The van der Waals surface area contributed by atoms with E-state index in [1.54, 1.807) is 18.2 Å². The SMILES string of the molecule is O=C(O)c1ccccc1S[C@@H](C[N+](=O)[O-])c1ccccc1. The fourth-order valence-corrected chi connectivity index (χ4v) is 3.15. The molecule has 1 atom stereocenters. The third-order valence-corrected chi connectivity index (χ3v) is 4.19. The number of hydrogen-bond acceptors (Lipinski definition) is 4. The Bertz CT molecular complexity index is 645. The van der Waals surface area contributed by atoms with Gasteiger partial charge in [0.05, 0.1) is 10.8 Å². The predicted octanol–water partition coefficient (Wildman–Crippen LogP) is 3.49. The maximum Gasteiger partial charge on any atom is 0.336 e. The van der Waals surface area contributed by atoms with Crippen LogP contribution in [0.25, 0.3) is 0 Å². The number of nitrogens with zero attached hydrogens (tertiary/aromatic N) is 1. The zero-order valence-electron chi connectivity index (χ0n) is 11.0. The van der Waals surface area contributed by atoms with Crippen molar-refractivity contribution < 1.29 is 14.8 Å². The lowest BCUT2D eigenvalue weighted by Crippen LogP contribution is -2.10. The van der Waals surface area contributed by atoms with E-state index in [0.717, 1.165) is 5.56 Å². The van der Waals surface area contributed by atoms with Gasteiger partial charge in [-0.2, -0.15) is 0 Å². The fraction of sp³-hybridized carbons (Fsp3) is 0.133. The second-order valence-electron chi connectivity index (χ2n) is 4.33. The zero-order valence-corrected chi connectivity index (χ0v) is 11.8. The van der Waals surface area contributed by atoms with Gasteiger partial charge in [0.1, 0.15) is 0 Å². The normalized spacial score (nSPS) is 11.8. The third kappa shape index (κ3) is 4.06. The molecule has 0 aliphatic rings. The Hall–Kier alpha value is -2.34. The zero-order chi connectivity index (χ0) is 15.2. The Kier molecular flexibility index (Phi) is 4.94. The maximum atomic E-state index is 11.2. The van der Waals surface area contributed by atoms with Gasteiger partial charge >= 0.3 is 5.97 Å². The van der Waals surface area contributed by atoms with Gasteiger partial charge in [0.2, 0.25) is 6.54 Å². The number of aromatic carboxylic acids is 1. The van der Waals surface area contributed by atoms with Crippen LogP contribution < -0.4 is 0 Å². The molecule has 0 aliphatic carbocycles. The summed E-state index contributed by atoms with van der Waals surface area (Å²) in [5.41, 5.74) is 0.964. The Morgan fingerprint density at radius 1 is 1.14 bits per heavy atom. The highest BCUT2D eigenvalue weighted by Crippen LogP contribution is 2.37. The van der Waals surface area contributed by atoms with Crippen molar-refractivity contribution >= 4 is 17.7 Å². The van der Waals surface area contributed by atoms with E-state index in [0.29, 0.717) is 4.90 Å². The highest BCUT2D eigenvalue weighted by molar-refractivity contribution is 7.99. The standard InChI is InChI=1S/C15H13NO4S/c17-15(18)12-8-4-5-9-13(12)21-14(10-16(19)20)11-6-2-1-3-7-11/h1-9,14H,10H2,(H,17,18)/t14-/m0/s1. The van der Waals surface area contributed by atoms with Crippen molar-refractivity contribution in [3.05, 3.63) is 75.8 Å². The molecule has 0 aromatic heterocycles. The van der Waals surface area contributed by atoms with Gasteiger partial charge in [0.15, 0.2) is 0 Å². The van der Waals surface area contributed by atoms with Gasteiger partial charge in [0.25, 0.3) is 0 Å². The van der Waals surface area contributed by atoms with E-state index in [4.69, 9.17) is 0 Å². The van der Waals surface area contributed by atoms with Crippen LogP contribution in [0.15, 0.2) is 59.5 Å². The molecule has 0 amide bonds. The van der Waals surface area contributed by atoms with Crippen LogP contribution in [0, 0.1) is 10.1 Å². The van der Waals surface area contributed by atoms with Gasteiger partial charge in [-0.05, 0) is 17.7 Å². The van der Waals surface area contributed by atoms with Gasteiger partial charge in [-0.3, -0.25) is 10.1 Å². The molecule has 0 aliphatic heterocycles. The largest absolute Gasteiger partial charge is 0.478 e. The van der Waals surface area contributed by atoms with Crippen LogP contribution in [0.1, 0.15) is 21.2 Å². The summed E-state index contributed by atoms with van der Waals surface area (Å²) in [7, 11) is 0. The minimum Gasteiger partial charge on any atom is -0.478 e. The van der Waals surface area contributed by atoms with Crippen LogP contribution in [-0.4, -0.2) is 22.5 Å². The Balaban J connectivity index is 2.32. The molecule has 0 saturated carbocycles. The maximum absolute atomic E-state index is 11.2. The van der Waals surface area contributed by atoms with Crippen LogP contribution in [0.3, 0.4) is 0 Å². The van der Waals surface area contributed by atoms with E-state index >= 15 is 0 Å². The smallest absolute Gasteiger partial charge is 0.336 e. The monoisotopic (exact) mass is 303 g/mol. The highest BCUT2D eigenvalue weighted by atomic mass is 32.2. The number of hydrogen-bond donors (Lipinski definition) is 1. The number of thioether (sulfide) groups is 1. The van der Waals surface area contributed by atoms with Crippen molar-refractivity contribution in [3.8, 4) is 0 Å². The first-order chi connectivity index (χ1) is 10.1. The summed E-state index contributed by atoms with van der Waals surface area (Å²) in [4.78, 5) is 22.2. The van der Waals surface area contributed by atoms with E-state index in [-0.39, 0.29) is 17.0 Å². The Labute approximate surface area is 125 Å². The second-order valence-corrected chi connectivity index (χ2v) is 5.58. The summed E-state index contributed by atoms with van der Waals surface area (Å²) in [6.07, 6.45) is 0. The number of carbonyl (C=O) groups is 1. The fourth-order valence-electron chi connectivity index (χ4n) is 1.91. The minimum absolute atomic E-state index is 0.159. The first-order valence-electron chi connectivity index (χ1n) is 6.23. The second kappa shape index (κ2) is 6.90. The van der Waals surface area contributed by atoms with E-state index in [2.05, 4.69) is 0 Å². The van der Waals surface area contributed by atoms with Crippen molar-refractivity contribution in [1.29, 1.82) is 0 Å². The molecule has 0 fully saturated rings. The van der Waals surface area contributed by atoms with Crippen molar-refractivity contribution in [3.63, 3.8) is 0 Å². The summed E-state index contributed by atoms with van der Waals surface area (Å²) in [6.45, 7) is -0.261. The van der Waals surface area contributed by atoms with E-state index in [9.17, 15) is 20.0 Å². The van der Waals surface area contributed by atoms with E-state index in [1.807, 2.05) is 30.3 Å². The molecule has 2 aromatic rings. The number of rotatable bonds is 6. The molecule has 1 N–H and O–H groups in total. The van der Waals surface area contributed by atoms with Crippen LogP contribution in [0.4, 0.5) is 0 Å². The summed E-state index contributed by atoms with van der Waals surface area (Å²) in [5, 5.41) is 19.6. The summed E-state index contributed by atoms with van der Waals surface area (Å²) >= 11 is 1.20. The van der Waals surface area contributed by atoms with Gasteiger partial charge in [-0.1, -0.05) is 42.5 Å². The molecule has 5 nitrogen and oxygen atoms in total. The molecule has 0 bridgehead atoms. The van der Waals surface area contributed by atoms with Crippen LogP contribution in [-0.2, 0) is 0 Å². The quantitative estimate of drug-likeness (QED) is 0.502. The number of carboxylic acid groups (broad SMARTS) is 1. The molecule has 0 heterocycles. The highest BCUT2D eigenvalue weighted by Gasteiger charge is 2.21. The number of nitro groups is 1. The number of benzene rings is 2. The summed E-state index contributed by atoms with van der Waals surface area (Å²) < 4.78 is 0. The first kappa shape index (κ1) is 15.1. The molecule has 0 radical (unpaired) electrons. The lowest BCUT2D eigenvalue weighted by molar-refractivity contribution is -0.479. The molecule has 108 valence electrons.